The van der Waals surface area contributed by atoms with E-state index in [1.807, 2.05) is 13.8 Å². The van der Waals surface area contributed by atoms with Crippen molar-refractivity contribution < 1.29 is 4.92 Å². The van der Waals surface area contributed by atoms with Crippen LogP contribution in [-0.4, -0.2) is 22.7 Å². The zero-order chi connectivity index (χ0) is 11.4. The molecule has 0 aliphatic heterocycles. The van der Waals surface area contributed by atoms with E-state index in [2.05, 4.69) is 10.1 Å². The van der Waals surface area contributed by atoms with Gasteiger partial charge < -0.3 is 0 Å². The number of rotatable bonds is 3. The van der Waals surface area contributed by atoms with E-state index in [0.717, 1.165) is 5.71 Å². The summed E-state index contributed by atoms with van der Waals surface area (Å²) in [5, 5.41) is 16.2. The molecule has 1 aromatic rings. The summed E-state index contributed by atoms with van der Waals surface area (Å²) in [6.45, 7) is 3.62. The van der Waals surface area contributed by atoms with Crippen molar-refractivity contribution in [1.82, 2.24) is 4.98 Å². The van der Waals surface area contributed by atoms with Crippen LogP contribution in [0.5, 0.6) is 0 Å². The van der Waals surface area contributed by atoms with Crippen LogP contribution in [0, 0.1) is 10.1 Å². The molecule has 0 aliphatic rings. The van der Waals surface area contributed by atoms with Gasteiger partial charge in [0, 0.05) is 25.0 Å². The van der Waals surface area contributed by atoms with Gasteiger partial charge in [0.15, 0.2) is 0 Å². The Hall–Kier alpha value is -1.98. The van der Waals surface area contributed by atoms with Crippen molar-refractivity contribution >= 4 is 17.2 Å². The number of hydrazone groups is 1. The molecule has 6 heteroatoms. The summed E-state index contributed by atoms with van der Waals surface area (Å²) in [5.41, 5.74) is 0.752. The highest BCUT2D eigenvalue weighted by molar-refractivity contribution is 5.80. The van der Waals surface area contributed by atoms with Crippen molar-refractivity contribution in [2.24, 2.45) is 5.10 Å². The van der Waals surface area contributed by atoms with E-state index in [1.54, 1.807) is 7.05 Å². The first-order valence-corrected chi connectivity index (χ1v) is 4.37. The van der Waals surface area contributed by atoms with E-state index >= 15 is 0 Å². The number of pyridine rings is 1. The average Bonchev–Trinajstić information content (AvgIpc) is 2.16. The molecule has 1 heterocycles. The molecule has 0 aromatic carbocycles. The lowest BCUT2D eigenvalue weighted by atomic mass is 10.4. The second-order valence-electron chi connectivity index (χ2n) is 3.17. The van der Waals surface area contributed by atoms with Crippen LogP contribution in [-0.2, 0) is 0 Å². The molecule has 6 nitrogen and oxygen atoms in total. The second kappa shape index (κ2) is 4.50. The first-order valence-electron chi connectivity index (χ1n) is 4.37. The van der Waals surface area contributed by atoms with Gasteiger partial charge in [0.25, 0.3) is 0 Å². The Morgan fingerprint density at radius 2 is 2.27 bits per heavy atom. The van der Waals surface area contributed by atoms with Gasteiger partial charge in [0.2, 0.25) is 5.82 Å². The van der Waals surface area contributed by atoms with Gasteiger partial charge in [-0.2, -0.15) is 5.10 Å². The molecule has 0 saturated carbocycles. The zero-order valence-corrected chi connectivity index (χ0v) is 8.84. The van der Waals surface area contributed by atoms with E-state index < -0.39 is 4.92 Å². The van der Waals surface area contributed by atoms with E-state index in [-0.39, 0.29) is 11.5 Å². The third-order valence-corrected chi connectivity index (χ3v) is 1.62. The van der Waals surface area contributed by atoms with Gasteiger partial charge in [-0.25, -0.2) is 9.99 Å². The van der Waals surface area contributed by atoms with Crippen LogP contribution in [0.15, 0.2) is 23.4 Å². The van der Waals surface area contributed by atoms with Gasteiger partial charge in [-0.05, 0) is 19.9 Å². The molecule has 1 rings (SSSR count). The van der Waals surface area contributed by atoms with E-state index in [4.69, 9.17) is 0 Å². The highest BCUT2D eigenvalue weighted by atomic mass is 16.6. The van der Waals surface area contributed by atoms with Gasteiger partial charge >= 0.3 is 5.69 Å². The normalized spacial score (nSPS) is 9.53. The molecular formula is C9H12N4O2. The van der Waals surface area contributed by atoms with Crippen molar-refractivity contribution in [3.05, 3.63) is 28.4 Å². The predicted octanol–water partition coefficient (Wildman–Crippen LogP) is 1.82. The van der Waals surface area contributed by atoms with E-state index in [0.29, 0.717) is 0 Å². The monoisotopic (exact) mass is 208 g/mol. The maximum Gasteiger partial charge on any atom is 0.313 e. The van der Waals surface area contributed by atoms with Crippen LogP contribution in [0.1, 0.15) is 13.8 Å². The van der Waals surface area contributed by atoms with Crippen molar-refractivity contribution in [2.75, 3.05) is 12.1 Å². The fourth-order valence-electron chi connectivity index (χ4n) is 1.13. The Labute approximate surface area is 87.4 Å². The second-order valence-corrected chi connectivity index (χ2v) is 3.17. The molecule has 0 spiro atoms. The first kappa shape index (κ1) is 11.1. The molecule has 80 valence electrons. The lowest BCUT2D eigenvalue weighted by Crippen LogP contribution is -2.13. The zero-order valence-electron chi connectivity index (χ0n) is 8.84. The summed E-state index contributed by atoms with van der Waals surface area (Å²) < 4.78 is 0. The fourth-order valence-corrected chi connectivity index (χ4v) is 1.13. The lowest BCUT2D eigenvalue weighted by Gasteiger charge is -2.11. The summed E-state index contributed by atoms with van der Waals surface area (Å²) in [7, 11) is 1.63. The maximum absolute atomic E-state index is 10.7. The van der Waals surface area contributed by atoms with Crippen LogP contribution < -0.4 is 5.01 Å². The Morgan fingerprint density at radius 1 is 1.60 bits per heavy atom. The Balaban J connectivity index is 3.13. The number of anilines is 1. The largest absolute Gasteiger partial charge is 0.313 e. The Kier molecular flexibility index (Phi) is 3.33. The molecular weight excluding hydrogens is 196 g/mol. The molecule has 0 radical (unpaired) electrons. The molecule has 0 saturated heterocycles. The molecule has 0 unspecified atom stereocenters. The van der Waals surface area contributed by atoms with Gasteiger partial charge in [0.1, 0.15) is 0 Å². The first-order chi connectivity index (χ1) is 7.02. The highest BCUT2D eigenvalue weighted by Crippen LogP contribution is 2.23. The topological polar surface area (TPSA) is 71.6 Å². The molecule has 0 aliphatic carbocycles. The SMILES string of the molecule is CC(C)=NN(C)c1ncccc1[N+](=O)[O-]. The lowest BCUT2D eigenvalue weighted by molar-refractivity contribution is -0.384. The van der Waals surface area contributed by atoms with Crippen LogP contribution in [0.25, 0.3) is 0 Å². The minimum absolute atomic E-state index is 0.0509. The summed E-state index contributed by atoms with van der Waals surface area (Å²) in [6, 6.07) is 2.93. The third-order valence-electron chi connectivity index (χ3n) is 1.62. The fraction of sp³-hybridized carbons (Fsp3) is 0.333. The minimum atomic E-state index is -0.473. The van der Waals surface area contributed by atoms with Gasteiger partial charge in [0.05, 0.1) is 4.92 Å². The summed E-state index contributed by atoms with van der Waals surface area (Å²) in [4.78, 5) is 14.2. The van der Waals surface area contributed by atoms with Crippen molar-refractivity contribution in [3.63, 3.8) is 0 Å². The minimum Gasteiger partial charge on any atom is -0.258 e. The molecule has 0 fully saturated rings. The van der Waals surface area contributed by atoms with Gasteiger partial charge in [-0.1, -0.05) is 0 Å². The number of nitrogens with zero attached hydrogens (tertiary/aromatic N) is 4. The number of hydrogen-bond acceptors (Lipinski definition) is 5. The van der Waals surface area contributed by atoms with Crippen LogP contribution in [0.3, 0.4) is 0 Å². The van der Waals surface area contributed by atoms with Crippen molar-refractivity contribution in [2.45, 2.75) is 13.8 Å². The van der Waals surface area contributed by atoms with Crippen LogP contribution >= 0.6 is 0 Å². The standard InChI is InChI=1S/C9H12N4O2/c1-7(2)11-12(3)9-8(13(14)15)5-4-6-10-9/h4-6H,1-3H3. The van der Waals surface area contributed by atoms with E-state index in [9.17, 15) is 10.1 Å². The average molecular weight is 208 g/mol. The predicted molar refractivity (Wildman–Crippen MR) is 58.1 cm³/mol. The van der Waals surface area contributed by atoms with Crippen LogP contribution in [0.2, 0.25) is 0 Å². The third kappa shape index (κ3) is 2.73. The van der Waals surface area contributed by atoms with Gasteiger partial charge in [-0.3, -0.25) is 10.1 Å². The maximum atomic E-state index is 10.7. The Morgan fingerprint density at radius 3 is 2.80 bits per heavy atom. The molecule has 1 aromatic heterocycles. The summed E-state index contributed by atoms with van der Waals surface area (Å²) in [5.74, 6) is 0.240. The number of aromatic nitrogens is 1. The van der Waals surface area contributed by atoms with Crippen LogP contribution in [0.4, 0.5) is 11.5 Å². The molecule has 0 atom stereocenters. The number of nitro groups is 1. The molecule has 0 amide bonds. The van der Waals surface area contributed by atoms with Gasteiger partial charge in [-0.15, -0.1) is 0 Å². The van der Waals surface area contributed by atoms with Crippen molar-refractivity contribution in [1.29, 1.82) is 0 Å². The molecule has 0 N–H and O–H groups in total. The quantitative estimate of drug-likeness (QED) is 0.431. The van der Waals surface area contributed by atoms with E-state index in [1.165, 1.54) is 23.3 Å². The number of hydrogen-bond donors (Lipinski definition) is 0. The summed E-state index contributed by atoms with van der Waals surface area (Å²) >= 11 is 0. The molecule has 0 bridgehead atoms. The molecule has 15 heavy (non-hydrogen) atoms. The Bertz CT molecular complexity index is 399. The smallest absolute Gasteiger partial charge is 0.258 e. The highest BCUT2D eigenvalue weighted by Gasteiger charge is 2.17. The van der Waals surface area contributed by atoms with Crippen molar-refractivity contribution in [3.8, 4) is 0 Å². The summed E-state index contributed by atoms with van der Waals surface area (Å²) in [6.07, 6.45) is 1.50.